The van der Waals surface area contributed by atoms with Crippen LogP contribution in [0.25, 0.3) is 0 Å². The summed E-state index contributed by atoms with van der Waals surface area (Å²) < 4.78 is 0. The number of amides is 1. The van der Waals surface area contributed by atoms with Crippen LogP contribution in [-0.2, 0) is 4.79 Å². The highest BCUT2D eigenvalue weighted by atomic mass is 35.5. The van der Waals surface area contributed by atoms with Gasteiger partial charge in [0.15, 0.2) is 0 Å². The summed E-state index contributed by atoms with van der Waals surface area (Å²) in [5.41, 5.74) is 1.06. The van der Waals surface area contributed by atoms with Crippen LogP contribution in [0.3, 0.4) is 0 Å². The minimum absolute atomic E-state index is 0.0285. The Kier molecular flexibility index (Phi) is 4.83. The third kappa shape index (κ3) is 3.48. The van der Waals surface area contributed by atoms with Gasteiger partial charge >= 0.3 is 0 Å². The minimum Gasteiger partial charge on any atom is -0.348 e. The van der Waals surface area contributed by atoms with Crippen LogP contribution in [-0.4, -0.2) is 18.5 Å². The molecule has 0 aromatic heterocycles. The zero-order valence-corrected chi connectivity index (χ0v) is 12.2. The number of carbonyl (C=O) groups excluding carboxylic acids is 1. The molecule has 0 saturated carbocycles. The summed E-state index contributed by atoms with van der Waals surface area (Å²) in [5.74, 6) is 0.494. The van der Waals surface area contributed by atoms with Crippen LogP contribution in [0, 0.1) is 5.92 Å². The predicted octanol–water partition coefficient (Wildman–Crippen LogP) is 2.91. The number of hydrogen-bond acceptors (Lipinski definition) is 2. The van der Waals surface area contributed by atoms with E-state index in [9.17, 15) is 4.79 Å². The molecule has 2 N–H and O–H groups in total. The number of carbonyl (C=O) groups is 1. The first-order chi connectivity index (χ1) is 9.11. The molecule has 1 aromatic rings. The number of nitrogens with one attached hydrogen (secondary N) is 2. The average molecular weight is 281 g/mol. The maximum atomic E-state index is 12.3. The van der Waals surface area contributed by atoms with E-state index in [1.54, 1.807) is 0 Å². The van der Waals surface area contributed by atoms with Gasteiger partial charge in [-0.1, -0.05) is 37.6 Å². The van der Waals surface area contributed by atoms with Gasteiger partial charge in [-0.3, -0.25) is 4.79 Å². The van der Waals surface area contributed by atoms with Gasteiger partial charge in [-0.05, 0) is 43.0 Å². The van der Waals surface area contributed by atoms with Crippen LogP contribution in [0.15, 0.2) is 24.3 Å². The maximum absolute atomic E-state index is 12.3. The monoisotopic (exact) mass is 280 g/mol. The van der Waals surface area contributed by atoms with Crippen molar-refractivity contribution in [2.45, 2.75) is 38.8 Å². The zero-order valence-electron chi connectivity index (χ0n) is 11.4. The lowest BCUT2D eigenvalue weighted by atomic mass is 10.0. The molecule has 1 amide bonds. The Morgan fingerprint density at radius 3 is 2.95 bits per heavy atom. The summed E-state index contributed by atoms with van der Waals surface area (Å²) in [6.45, 7) is 5.11. The molecular weight excluding hydrogens is 260 g/mol. The lowest BCUT2D eigenvalue weighted by Gasteiger charge is -2.22. The Labute approximate surface area is 119 Å². The van der Waals surface area contributed by atoms with Crippen molar-refractivity contribution in [1.29, 1.82) is 0 Å². The van der Waals surface area contributed by atoms with Crippen molar-refractivity contribution >= 4 is 17.5 Å². The minimum atomic E-state index is -0.0618. The Balaban J connectivity index is 2.05. The van der Waals surface area contributed by atoms with E-state index in [0.717, 1.165) is 24.9 Å². The molecular formula is C15H21ClN2O. The molecule has 0 aliphatic carbocycles. The third-order valence-corrected chi connectivity index (χ3v) is 4.03. The van der Waals surface area contributed by atoms with Crippen molar-refractivity contribution in [3.8, 4) is 0 Å². The summed E-state index contributed by atoms with van der Waals surface area (Å²) in [6, 6.07) is 7.66. The fraction of sp³-hybridized carbons (Fsp3) is 0.533. The molecule has 3 unspecified atom stereocenters. The fourth-order valence-electron chi connectivity index (χ4n) is 2.59. The first-order valence-corrected chi connectivity index (χ1v) is 7.28. The van der Waals surface area contributed by atoms with Gasteiger partial charge in [-0.15, -0.1) is 0 Å². The van der Waals surface area contributed by atoms with Crippen LogP contribution in [0.4, 0.5) is 0 Å². The molecule has 4 heteroatoms. The van der Waals surface area contributed by atoms with Gasteiger partial charge in [0.05, 0.1) is 12.1 Å². The molecule has 1 aliphatic heterocycles. The summed E-state index contributed by atoms with van der Waals surface area (Å²) >= 11 is 6.01. The van der Waals surface area contributed by atoms with E-state index in [4.69, 9.17) is 11.6 Å². The average Bonchev–Trinajstić information content (AvgIpc) is 2.82. The summed E-state index contributed by atoms with van der Waals surface area (Å²) in [5, 5.41) is 7.09. The number of benzene rings is 1. The molecule has 2 rings (SSSR count). The first-order valence-electron chi connectivity index (χ1n) is 6.91. The van der Waals surface area contributed by atoms with E-state index < -0.39 is 0 Å². The van der Waals surface area contributed by atoms with Gasteiger partial charge < -0.3 is 10.6 Å². The topological polar surface area (TPSA) is 41.1 Å². The molecule has 104 valence electrons. The molecule has 0 radical (unpaired) electrons. The van der Waals surface area contributed by atoms with Crippen molar-refractivity contribution in [2.24, 2.45) is 5.92 Å². The number of hydrogen-bond donors (Lipinski definition) is 2. The number of rotatable bonds is 4. The molecule has 1 aromatic carbocycles. The van der Waals surface area contributed by atoms with Crippen LogP contribution in [0.2, 0.25) is 5.02 Å². The molecule has 0 spiro atoms. The van der Waals surface area contributed by atoms with Crippen LogP contribution >= 0.6 is 11.6 Å². The maximum Gasteiger partial charge on any atom is 0.237 e. The van der Waals surface area contributed by atoms with E-state index in [0.29, 0.717) is 10.9 Å². The standard InChI is InChI=1S/C15H21ClN2O/c1-3-13(11-5-4-6-12(16)9-11)18-15(19)14-10(2)7-8-17-14/h4-6,9-10,13-14,17H,3,7-8H2,1-2H3,(H,18,19). The van der Waals surface area contributed by atoms with Crippen LogP contribution < -0.4 is 10.6 Å². The summed E-state index contributed by atoms with van der Waals surface area (Å²) in [6.07, 6.45) is 1.92. The highest BCUT2D eigenvalue weighted by Crippen LogP contribution is 2.22. The summed E-state index contributed by atoms with van der Waals surface area (Å²) in [7, 11) is 0. The van der Waals surface area contributed by atoms with Gasteiger partial charge in [0.1, 0.15) is 0 Å². The lowest BCUT2D eigenvalue weighted by molar-refractivity contribution is -0.124. The highest BCUT2D eigenvalue weighted by molar-refractivity contribution is 6.30. The Morgan fingerprint density at radius 2 is 2.37 bits per heavy atom. The lowest BCUT2D eigenvalue weighted by Crippen LogP contribution is -2.44. The second-order valence-corrected chi connectivity index (χ2v) is 5.66. The molecule has 3 nitrogen and oxygen atoms in total. The fourth-order valence-corrected chi connectivity index (χ4v) is 2.79. The largest absolute Gasteiger partial charge is 0.348 e. The van der Waals surface area contributed by atoms with E-state index in [1.807, 2.05) is 24.3 Å². The molecule has 1 aliphatic rings. The van der Waals surface area contributed by atoms with Crippen molar-refractivity contribution in [3.63, 3.8) is 0 Å². The predicted molar refractivity (Wildman–Crippen MR) is 78.2 cm³/mol. The van der Waals surface area contributed by atoms with Crippen molar-refractivity contribution in [2.75, 3.05) is 6.54 Å². The van der Waals surface area contributed by atoms with Gasteiger partial charge in [0.2, 0.25) is 5.91 Å². The molecule has 1 saturated heterocycles. The quantitative estimate of drug-likeness (QED) is 0.890. The molecule has 1 heterocycles. The number of halogens is 1. The van der Waals surface area contributed by atoms with Crippen LogP contribution in [0.5, 0.6) is 0 Å². The first kappa shape index (κ1) is 14.4. The second kappa shape index (κ2) is 6.40. The second-order valence-electron chi connectivity index (χ2n) is 5.22. The Bertz CT molecular complexity index is 450. The SMILES string of the molecule is CCC(NC(=O)C1NCCC1C)c1cccc(Cl)c1. The smallest absolute Gasteiger partial charge is 0.237 e. The molecule has 0 bridgehead atoms. The van der Waals surface area contributed by atoms with E-state index in [-0.39, 0.29) is 18.0 Å². The third-order valence-electron chi connectivity index (χ3n) is 3.79. The summed E-state index contributed by atoms with van der Waals surface area (Å²) in [4.78, 5) is 12.3. The molecule has 3 atom stereocenters. The molecule has 1 fully saturated rings. The van der Waals surface area contributed by atoms with Crippen molar-refractivity contribution < 1.29 is 4.79 Å². The van der Waals surface area contributed by atoms with Gasteiger partial charge in [-0.2, -0.15) is 0 Å². The van der Waals surface area contributed by atoms with Gasteiger partial charge in [0, 0.05) is 5.02 Å². The van der Waals surface area contributed by atoms with Crippen molar-refractivity contribution in [1.82, 2.24) is 10.6 Å². The van der Waals surface area contributed by atoms with Crippen molar-refractivity contribution in [3.05, 3.63) is 34.9 Å². The Morgan fingerprint density at radius 1 is 1.58 bits per heavy atom. The van der Waals surface area contributed by atoms with E-state index in [1.165, 1.54) is 0 Å². The van der Waals surface area contributed by atoms with E-state index >= 15 is 0 Å². The van der Waals surface area contributed by atoms with Crippen LogP contribution in [0.1, 0.15) is 38.3 Å². The van der Waals surface area contributed by atoms with Gasteiger partial charge in [0.25, 0.3) is 0 Å². The van der Waals surface area contributed by atoms with E-state index in [2.05, 4.69) is 24.5 Å². The highest BCUT2D eigenvalue weighted by Gasteiger charge is 2.30. The Hall–Kier alpha value is -1.06. The molecule has 19 heavy (non-hydrogen) atoms. The zero-order chi connectivity index (χ0) is 13.8. The van der Waals surface area contributed by atoms with Gasteiger partial charge in [-0.25, -0.2) is 0 Å². The normalized spacial score (nSPS) is 24.2.